The van der Waals surface area contributed by atoms with E-state index in [0.29, 0.717) is 12.0 Å². The normalized spacial score (nSPS) is 17.3. The Hall–Kier alpha value is -3.25. The van der Waals surface area contributed by atoms with Crippen LogP contribution >= 0.6 is 0 Å². The van der Waals surface area contributed by atoms with Crippen LogP contribution in [0.5, 0.6) is 0 Å². The van der Waals surface area contributed by atoms with Gasteiger partial charge in [0.25, 0.3) is 0 Å². The van der Waals surface area contributed by atoms with E-state index in [-0.39, 0.29) is 31.4 Å². The van der Waals surface area contributed by atoms with E-state index in [1.807, 2.05) is 12.1 Å². The minimum atomic E-state index is -0.665. The number of benzene rings is 2. The predicted octanol–water partition coefficient (Wildman–Crippen LogP) is 7.60. The van der Waals surface area contributed by atoms with Crippen LogP contribution in [0, 0.1) is 17.8 Å². The number of aryl methyl sites for hydroxylation is 1. The first-order valence-electron chi connectivity index (χ1n) is 15.3. The summed E-state index contributed by atoms with van der Waals surface area (Å²) in [6.45, 7) is 8.14. The molecule has 42 heavy (non-hydrogen) atoms. The molecule has 2 aromatic carbocycles. The monoisotopic (exact) mass is 578 g/mol. The fourth-order valence-corrected chi connectivity index (χ4v) is 5.58. The van der Waals surface area contributed by atoms with Crippen molar-refractivity contribution >= 4 is 11.9 Å². The first kappa shape index (κ1) is 33.3. The Kier molecular flexibility index (Phi) is 14.0. The molecule has 1 N–H and O–H groups in total. The highest BCUT2D eigenvalue weighted by atomic mass is 19.1. The Labute approximate surface area is 250 Å². The summed E-state index contributed by atoms with van der Waals surface area (Å²) in [7, 11) is 0. The molecule has 1 saturated carbocycles. The molecule has 1 fully saturated rings. The van der Waals surface area contributed by atoms with Crippen LogP contribution in [0.2, 0.25) is 0 Å². The second kappa shape index (κ2) is 17.6. The van der Waals surface area contributed by atoms with Crippen molar-refractivity contribution in [1.29, 1.82) is 0 Å². The molecule has 0 aromatic heterocycles. The number of halogens is 1. The van der Waals surface area contributed by atoms with Gasteiger partial charge in [-0.2, -0.15) is 0 Å². The molecule has 1 aliphatic rings. The molecule has 2 aromatic rings. The highest BCUT2D eigenvalue weighted by Gasteiger charge is 2.21. The molecule has 0 radical (unpaired) electrons. The number of esters is 2. The van der Waals surface area contributed by atoms with Gasteiger partial charge >= 0.3 is 11.9 Å². The lowest BCUT2D eigenvalue weighted by atomic mass is 9.78. The van der Waals surface area contributed by atoms with Crippen molar-refractivity contribution in [2.75, 3.05) is 26.5 Å². The number of carbonyl (C=O) groups excluding carboxylic acids is 2. The summed E-state index contributed by atoms with van der Waals surface area (Å²) in [5, 5.41) is 9.11. The molecule has 228 valence electrons. The molecule has 0 aliphatic heterocycles. The van der Waals surface area contributed by atoms with E-state index in [2.05, 4.69) is 49.6 Å². The number of ether oxygens (including phenoxy) is 2. The lowest BCUT2D eigenvalue weighted by Gasteiger charge is -2.28. The average molecular weight is 579 g/mol. The second-order valence-electron chi connectivity index (χ2n) is 11.8. The van der Waals surface area contributed by atoms with Gasteiger partial charge in [-0.1, -0.05) is 100 Å². The molecular formula is C36H47FO5. The van der Waals surface area contributed by atoms with E-state index >= 15 is 0 Å². The van der Waals surface area contributed by atoms with Gasteiger partial charge < -0.3 is 14.6 Å². The van der Waals surface area contributed by atoms with E-state index in [1.165, 1.54) is 44.1 Å². The van der Waals surface area contributed by atoms with Crippen LogP contribution in [-0.2, 0) is 31.9 Å². The Morgan fingerprint density at radius 2 is 1.36 bits per heavy atom. The van der Waals surface area contributed by atoms with Gasteiger partial charge in [0.1, 0.15) is 0 Å². The molecule has 0 amide bonds. The maximum absolute atomic E-state index is 12.4. The standard InChI is InChI=1S/C36H47FO5/c1-26(2)35(39)41-24-32(25-42-36(40)27(3)23-38)22-31-15-19-34(20-16-31)33-17-13-30(14-18-33)12-11-29-9-7-28(8-10-29)6-4-5-21-37/h13-20,28-29,32,38H,1,3-12,21-25H2,2H3. The van der Waals surface area contributed by atoms with Gasteiger partial charge in [0.15, 0.2) is 0 Å². The average Bonchev–Trinajstić information content (AvgIpc) is 3.01. The molecule has 5 nitrogen and oxygen atoms in total. The summed E-state index contributed by atoms with van der Waals surface area (Å²) in [5.74, 6) is 0.198. The molecule has 6 heteroatoms. The Balaban J connectivity index is 1.50. The molecular weight excluding hydrogens is 531 g/mol. The molecule has 1 atom stereocenters. The number of alkyl halides is 1. The SMILES string of the molecule is C=C(C)C(=O)OCC(COC(=O)C(=C)CO)Cc1ccc(-c2ccc(CCC3CCC(CCCCF)CC3)cc2)cc1. The molecule has 0 bridgehead atoms. The van der Waals surface area contributed by atoms with Crippen molar-refractivity contribution < 1.29 is 28.6 Å². The van der Waals surface area contributed by atoms with E-state index in [0.717, 1.165) is 47.8 Å². The number of carbonyl (C=O) groups is 2. The van der Waals surface area contributed by atoms with Crippen LogP contribution in [0.3, 0.4) is 0 Å². The predicted molar refractivity (Wildman–Crippen MR) is 166 cm³/mol. The minimum absolute atomic E-state index is 0.0204. The summed E-state index contributed by atoms with van der Waals surface area (Å²) < 4.78 is 23.0. The zero-order valence-corrected chi connectivity index (χ0v) is 25.1. The van der Waals surface area contributed by atoms with Crippen LogP contribution < -0.4 is 0 Å². The van der Waals surface area contributed by atoms with Crippen LogP contribution in [0.25, 0.3) is 11.1 Å². The summed E-state index contributed by atoms with van der Waals surface area (Å²) in [5.41, 5.74) is 4.95. The third-order valence-corrected chi connectivity index (χ3v) is 8.30. The summed E-state index contributed by atoms with van der Waals surface area (Å²) in [4.78, 5) is 23.9. The van der Waals surface area contributed by atoms with Gasteiger partial charge in [-0.15, -0.1) is 0 Å². The quantitative estimate of drug-likeness (QED) is 0.119. The van der Waals surface area contributed by atoms with Crippen LogP contribution in [0.15, 0.2) is 72.8 Å². The zero-order valence-electron chi connectivity index (χ0n) is 25.1. The number of aliphatic hydroxyl groups is 1. The van der Waals surface area contributed by atoms with E-state index in [4.69, 9.17) is 14.6 Å². The molecule has 1 unspecified atom stereocenters. The molecule has 3 rings (SSSR count). The Morgan fingerprint density at radius 3 is 1.88 bits per heavy atom. The molecule has 0 saturated heterocycles. The fourth-order valence-electron chi connectivity index (χ4n) is 5.58. The Morgan fingerprint density at radius 1 is 0.833 bits per heavy atom. The number of rotatable bonds is 17. The largest absolute Gasteiger partial charge is 0.462 e. The Bertz CT molecular complexity index is 1150. The van der Waals surface area contributed by atoms with Gasteiger partial charge in [-0.25, -0.2) is 9.59 Å². The maximum Gasteiger partial charge on any atom is 0.335 e. The lowest BCUT2D eigenvalue weighted by molar-refractivity contribution is -0.144. The van der Waals surface area contributed by atoms with E-state index in [9.17, 15) is 14.0 Å². The third-order valence-electron chi connectivity index (χ3n) is 8.30. The first-order chi connectivity index (χ1) is 20.3. The fraction of sp³-hybridized carbons (Fsp3) is 0.500. The first-order valence-corrected chi connectivity index (χ1v) is 15.3. The van der Waals surface area contributed by atoms with Gasteiger partial charge in [-0.05, 0) is 66.7 Å². The van der Waals surface area contributed by atoms with Crippen molar-refractivity contribution in [2.45, 2.75) is 71.1 Å². The van der Waals surface area contributed by atoms with Crippen molar-refractivity contribution in [3.8, 4) is 11.1 Å². The number of aliphatic hydroxyl groups excluding tert-OH is 1. The van der Waals surface area contributed by atoms with Crippen LogP contribution in [0.4, 0.5) is 4.39 Å². The maximum atomic E-state index is 12.4. The van der Waals surface area contributed by atoms with Crippen molar-refractivity contribution in [3.63, 3.8) is 0 Å². The lowest BCUT2D eigenvalue weighted by Crippen LogP contribution is -2.24. The number of hydrogen-bond acceptors (Lipinski definition) is 5. The van der Waals surface area contributed by atoms with Crippen LogP contribution in [-0.4, -0.2) is 43.5 Å². The summed E-state index contributed by atoms with van der Waals surface area (Å²) in [6, 6.07) is 17.1. The third kappa shape index (κ3) is 11.2. The van der Waals surface area contributed by atoms with Gasteiger partial charge in [0.05, 0.1) is 32.1 Å². The molecule has 0 spiro atoms. The topological polar surface area (TPSA) is 72.8 Å². The molecule has 0 heterocycles. The van der Waals surface area contributed by atoms with Gasteiger partial charge in [0, 0.05) is 11.5 Å². The van der Waals surface area contributed by atoms with E-state index in [1.54, 1.807) is 6.92 Å². The highest BCUT2D eigenvalue weighted by Crippen LogP contribution is 2.34. The van der Waals surface area contributed by atoms with Crippen molar-refractivity contribution in [2.24, 2.45) is 17.8 Å². The molecule has 1 aliphatic carbocycles. The van der Waals surface area contributed by atoms with E-state index < -0.39 is 18.5 Å². The second-order valence-corrected chi connectivity index (χ2v) is 11.8. The van der Waals surface area contributed by atoms with Crippen molar-refractivity contribution in [1.82, 2.24) is 0 Å². The minimum Gasteiger partial charge on any atom is -0.462 e. The van der Waals surface area contributed by atoms with Crippen LogP contribution in [0.1, 0.15) is 69.4 Å². The van der Waals surface area contributed by atoms with Gasteiger partial charge in [-0.3, -0.25) is 4.39 Å². The summed E-state index contributed by atoms with van der Waals surface area (Å²) in [6.07, 6.45) is 11.1. The zero-order chi connectivity index (χ0) is 30.3. The van der Waals surface area contributed by atoms with Gasteiger partial charge in [0.2, 0.25) is 0 Å². The number of hydrogen-bond donors (Lipinski definition) is 1. The van der Waals surface area contributed by atoms with Crippen molar-refractivity contribution in [3.05, 3.63) is 84.0 Å². The summed E-state index contributed by atoms with van der Waals surface area (Å²) >= 11 is 0. The smallest absolute Gasteiger partial charge is 0.335 e. The highest BCUT2D eigenvalue weighted by molar-refractivity contribution is 5.88. The number of unbranched alkanes of at least 4 members (excludes halogenated alkanes) is 1.